The van der Waals surface area contributed by atoms with Crippen LogP contribution >= 0.6 is 11.6 Å². The molecule has 1 fully saturated rings. The fourth-order valence-corrected chi connectivity index (χ4v) is 3.53. The molecular formula is C19H16ClN5O3. The summed E-state index contributed by atoms with van der Waals surface area (Å²) in [5, 5.41) is 12.1. The molecule has 28 heavy (non-hydrogen) atoms. The van der Waals surface area contributed by atoms with Crippen LogP contribution in [-0.4, -0.2) is 41.4 Å². The van der Waals surface area contributed by atoms with Gasteiger partial charge in [-0.25, -0.2) is 4.90 Å². The van der Waals surface area contributed by atoms with E-state index in [1.807, 2.05) is 13.0 Å². The number of benzene rings is 2. The lowest BCUT2D eigenvalue weighted by molar-refractivity contribution is -0.123. The van der Waals surface area contributed by atoms with Gasteiger partial charge in [0.25, 0.3) is 11.8 Å². The predicted molar refractivity (Wildman–Crippen MR) is 103 cm³/mol. The van der Waals surface area contributed by atoms with Crippen LogP contribution in [0.1, 0.15) is 5.56 Å². The molecule has 2 atom stereocenters. The van der Waals surface area contributed by atoms with Crippen molar-refractivity contribution in [3.8, 4) is 0 Å². The summed E-state index contributed by atoms with van der Waals surface area (Å²) in [5.74, 6) is -1.31. The third-order valence-electron chi connectivity index (χ3n) is 4.58. The van der Waals surface area contributed by atoms with E-state index in [9.17, 15) is 14.4 Å². The normalized spacial score (nSPS) is 20.6. The average Bonchev–Trinajstić information content (AvgIpc) is 3.18. The van der Waals surface area contributed by atoms with Crippen LogP contribution in [0.25, 0.3) is 0 Å². The predicted octanol–water partition coefficient (Wildman–Crippen LogP) is 2.58. The van der Waals surface area contributed by atoms with Gasteiger partial charge in [0, 0.05) is 0 Å². The van der Waals surface area contributed by atoms with Crippen molar-refractivity contribution in [2.75, 3.05) is 16.8 Å². The summed E-state index contributed by atoms with van der Waals surface area (Å²) >= 11 is 6.13. The van der Waals surface area contributed by atoms with Crippen molar-refractivity contribution < 1.29 is 14.4 Å². The summed E-state index contributed by atoms with van der Waals surface area (Å²) in [6.07, 6.45) is 0. The highest BCUT2D eigenvalue weighted by atomic mass is 35.5. The number of amides is 3. The highest BCUT2D eigenvalue weighted by Crippen LogP contribution is 2.31. The number of aryl methyl sites for hydroxylation is 1. The molecule has 142 valence electrons. The number of carbonyl (C=O) groups is 3. The minimum absolute atomic E-state index is 0.226. The lowest BCUT2D eigenvalue weighted by atomic mass is 10.1. The molecule has 2 aliphatic rings. The van der Waals surface area contributed by atoms with Crippen molar-refractivity contribution in [3.05, 3.63) is 59.1 Å². The zero-order valence-electron chi connectivity index (χ0n) is 14.9. The maximum atomic E-state index is 12.8. The highest BCUT2D eigenvalue weighted by Gasteiger charge is 2.55. The Morgan fingerprint density at radius 3 is 2.61 bits per heavy atom. The first kappa shape index (κ1) is 18.1. The Labute approximate surface area is 165 Å². The molecule has 0 unspecified atom stereocenters. The molecule has 0 radical (unpaired) electrons. The van der Waals surface area contributed by atoms with Gasteiger partial charge in [-0.2, -0.15) is 5.11 Å². The number of imide groups is 1. The van der Waals surface area contributed by atoms with Gasteiger partial charge in [-0.3, -0.25) is 19.4 Å². The van der Waals surface area contributed by atoms with E-state index in [2.05, 4.69) is 15.7 Å². The summed E-state index contributed by atoms with van der Waals surface area (Å²) in [7, 11) is 0. The van der Waals surface area contributed by atoms with Gasteiger partial charge in [-0.05, 0) is 36.8 Å². The Kier molecular flexibility index (Phi) is 4.56. The molecule has 1 N–H and O–H groups in total. The maximum Gasteiger partial charge on any atom is 0.263 e. The third kappa shape index (κ3) is 3.11. The van der Waals surface area contributed by atoms with Crippen molar-refractivity contribution in [3.63, 3.8) is 0 Å². The molecule has 2 aromatic rings. The van der Waals surface area contributed by atoms with Crippen LogP contribution in [0, 0.1) is 6.92 Å². The average molecular weight is 398 g/mol. The Morgan fingerprint density at radius 2 is 1.89 bits per heavy atom. The fraction of sp³-hybridized carbons (Fsp3) is 0.211. The van der Waals surface area contributed by atoms with Crippen LogP contribution in [0.5, 0.6) is 0 Å². The number of para-hydroxylation sites is 1. The molecule has 0 aromatic heterocycles. The zero-order valence-corrected chi connectivity index (χ0v) is 15.6. The van der Waals surface area contributed by atoms with Gasteiger partial charge in [-0.15, -0.1) is 0 Å². The van der Waals surface area contributed by atoms with Gasteiger partial charge in [0.2, 0.25) is 5.91 Å². The van der Waals surface area contributed by atoms with Crippen LogP contribution in [0.3, 0.4) is 0 Å². The molecule has 2 heterocycles. The summed E-state index contributed by atoms with van der Waals surface area (Å²) in [5.41, 5.74) is 1.90. The number of hydrogen-bond donors (Lipinski definition) is 1. The van der Waals surface area contributed by atoms with Crippen LogP contribution in [0.2, 0.25) is 5.02 Å². The molecule has 1 saturated heterocycles. The van der Waals surface area contributed by atoms with Gasteiger partial charge in [-0.1, -0.05) is 41.1 Å². The molecule has 0 bridgehead atoms. The van der Waals surface area contributed by atoms with Crippen LogP contribution in [-0.2, 0) is 14.4 Å². The van der Waals surface area contributed by atoms with E-state index < -0.39 is 29.8 Å². The van der Waals surface area contributed by atoms with Crippen molar-refractivity contribution in [2.24, 2.45) is 10.3 Å². The van der Waals surface area contributed by atoms with E-state index in [1.54, 1.807) is 42.5 Å². The third-order valence-corrected chi connectivity index (χ3v) is 4.89. The second-order valence-corrected chi connectivity index (χ2v) is 6.98. The number of halogens is 1. The molecule has 4 rings (SSSR count). The Hall–Kier alpha value is -3.26. The van der Waals surface area contributed by atoms with Crippen molar-refractivity contribution in [2.45, 2.75) is 19.0 Å². The Bertz CT molecular complexity index is 994. The van der Waals surface area contributed by atoms with Gasteiger partial charge in [0.1, 0.15) is 6.54 Å². The van der Waals surface area contributed by atoms with Crippen molar-refractivity contribution in [1.29, 1.82) is 0 Å². The van der Waals surface area contributed by atoms with Crippen LogP contribution in [0.4, 0.5) is 11.4 Å². The quantitative estimate of drug-likeness (QED) is 0.802. The first-order chi connectivity index (χ1) is 13.5. The van der Waals surface area contributed by atoms with Gasteiger partial charge < -0.3 is 5.32 Å². The number of fused-ring (bicyclic) bond motifs is 1. The monoisotopic (exact) mass is 397 g/mol. The van der Waals surface area contributed by atoms with Gasteiger partial charge >= 0.3 is 0 Å². The number of nitrogens with one attached hydrogen (secondary N) is 1. The van der Waals surface area contributed by atoms with Crippen LogP contribution < -0.4 is 10.2 Å². The Morgan fingerprint density at radius 1 is 1.14 bits per heavy atom. The van der Waals surface area contributed by atoms with E-state index in [1.165, 1.54) is 5.01 Å². The van der Waals surface area contributed by atoms with E-state index >= 15 is 0 Å². The second kappa shape index (κ2) is 7.05. The van der Waals surface area contributed by atoms with E-state index in [4.69, 9.17) is 11.6 Å². The molecule has 3 amide bonds. The minimum Gasteiger partial charge on any atom is -0.323 e. The van der Waals surface area contributed by atoms with Crippen molar-refractivity contribution in [1.82, 2.24) is 5.01 Å². The molecule has 0 spiro atoms. The number of rotatable bonds is 4. The number of nitrogens with zero attached hydrogens (tertiary/aromatic N) is 4. The van der Waals surface area contributed by atoms with E-state index in [0.717, 1.165) is 10.5 Å². The molecule has 8 nitrogen and oxygen atoms in total. The Balaban J connectivity index is 1.48. The maximum absolute atomic E-state index is 12.8. The summed E-state index contributed by atoms with van der Waals surface area (Å²) < 4.78 is 0. The number of anilines is 2. The zero-order chi connectivity index (χ0) is 19.8. The van der Waals surface area contributed by atoms with Crippen molar-refractivity contribution >= 4 is 40.7 Å². The van der Waals surface area contributed by atoms with E-state index in [0.29, 0.717) is 16.4 Å². The van der Waals surface area contributed by atoms with Gasteiger partial charge in [0.15, 0.2) is 12.1 Å². The molecule has 0 aliphatic carbocycles. The molecule has 2 aromatic carbocycles. The van der Waals surface area contributed by atoms with Gasteiger partial charge in [0.05, 0.1) is 16.4 Å². The second-order valence-electron chi connectivity index (χ2n) is 6.57. The molecular weight excluding hydrogens is 382 g/mol. The first-order valence-electron chi connectivity index (χ1n) is 8.62. The largest absolute Gasteiger partial charge is 0.323 e. The standard InChI is InChI=1S/C19H16ClN5O3/c1-11-7-8-14(13(20)9-11)21-15(26)10-24-17-16(22-23-24)18(27)25(19(17)28)12-5-3-2-4-6-12/h2-9,16-17H,10H2,1H3,(H,21,26)/t16-,17-/m0/s1. The molecule has 9 heteroatoms. The molecule has 2 aliphatic heterocycles. The van der Waals surface area contributed by atoms with Crippen LogP contribution in [0.15, 0.2) is 58.9 Å². The summed E-state index contributed by atoms with van der Waals surface area (Å²) in [4.78, 5) is 38.9. The molecule has 0 saturated carbocycles. The lowest BCUT2D eigenvalue weighted by Crippen LogP contribution is -2.43. The highest BCUT2D eigenvalue weighted by molar-refractivity contribution is 6.33. The lowest BCUT2D eigenvalue weighted by Gasteiger charge is -2.20. The summed E-state index contributed by atoms with van der Waals surface area (Å²) in [6, 6.07) is 12.0. The SMILES string of the molecule is Cc1ccc(NC(=O)CN2N=N[C@@H]3C(=O)N(c4ccccc4)C(=O)[C@H]32)c(Cl)c1. The smallest absolute Gasteiger partial charge is 0.263 e. The number of carbonyl (C=O) groups excluding carboxylic acids is 3. The fourth-order valence-electron chi connectivity index (χ4n) is 3.24. The summed E-state index contributed by atoms with van der Waals surface area (Å²) in [6.45, 7) is 1.67. The topological polar surface area (TPSA) is 94.4 Å². The number of hydrogen-bond acceptors (Lipinski definition) is 6. The van der Waals surface area contributed by atoms with E-state index in [-0.39, 0.29) is 6.54 Å². The minimum atomic E-state index is -0.941. The first-order valence-corrected chi connectivity index (χ1v) is 9.00.